The third-order valence-electron chi connectivity index (χ3n) is 5.09. The second-order valence-corrected chi connectivity index (χ2v) is 8.51. The van der Waals surface area contributed by atoms with Gasteiger partial charge in [0.05, 0.1) is 17.5 Å². The van der Waals surface area contributed by atoms with Gasteiger partial charge in [-0.05, 0) is 36.4 Å². The Labute approximate surface area is 203 Å². The Balaban J connectivity index is 1.61. The molecule has 0 amide bonds. The lowest BCUT2D eigenvalue weighted by molar-refractivity contribution is -0.163. The molecule has 1 aliphatic carbocycles. The number of benzene rings is 1. The summed E-state index contributed by atoms with van der Waals surface area (Å²) in [7, 11) is 0. The SMILES string of the molecule is FC1=CC=CC(C(F)(F)F)C1Nc1nc2nc(OCC(F)F)c(CNc3ccc(Br)cc3)cc2[nH]1. The fourth-order valence-corrected chi connectivity index (χ4v) is 3.72. The highest BCUT2D eigenvalue weighted by Crippen LogP contribution is 2.36. The van der Waals surface area contributed by atoms with Gasteiger partial charge in [0.2, 0.25) is 11.8 Å². The Hall–Kier alpha value is -3.22. The predicted octanol–water partition coefficient (Wildman–Crippen LogP) is 6.36. The molecule has 1 aromatic carbocycles. The number of fused-ring (bicyclic) bond motifs is 1. The van der Waals surface area contributed by atoms with Crippen molar-refractivity contribution >= 4 is 38.7 Å². The highest BCUT2D eigenvalue weighted by molar-refractivity contribution is 9.10. The van der Waals surface area contributed by atoms with Crippen LogP contribution in [0.3, 0.4) is 0 Å². The molecular formula is C22H18BrF6N5O. The molecule has 0 saturated heterocycles. The summed E-state index contributed by atoms with van der Waals surface area (Å²) in [5, 5.41) is 5.54. The van der Waals surface area contributed by atoms with E-state index >= 15 is 0 Å². The van der Waals surface area contributed by atoms with Gasteiger partial charge in [-0.1, -0.05) is 28.1 Å². The molecule has 3 N–H and O–H groups in total. The summed E-state index contributed by atoms with van der Waals surface area (Å²) in [6.07, 6.45) is -4.65. The number of H-pyrrole nitrogens is 1. The van der Waals surface area contributed by atoms with Crippen LogP contribution >= 0.6 is 15.9 Å². The second kappa shape index (κ2) is 10.2. The summed E-state index contributed by atoms with van der Waals surface area (Å²) >= 11 is 3.33. The van der Waals surface area contributed by atoms with Crippen molar-refractivity contribution in [1.82, 2.24) is 15.0 Å². The van der Waals surface area contributed by atoms with E-state index in [0.717, 1.165) is 28.4 Å². The highest BCUT2D eigenvalue weighted by Gasteiger charge is 2.46. The van der Waals surface area contributed by atoms with E-state index in [9.17, 15) is 26.3 Å². The van der Waals surface area contributed by atoms with Crippen LogP contribution in [0.4, 0.5) is 38.0 Å². The second-order valence-electron chi connectivity index (χ2n) is 7.60. The van der Waals surface area contributed by atoms with Gasteiger partial charge in [0.15, 0.2) is 12.3 Å². The molecule has 0 spiro atoms. The van der Waals surface area contributed by atoms with Crippen molar-refractivity contribution in [1.29, 1.82) is 0 Å². The van der Waals surface area contributed by atoms with Crippen LogP contribution in [-0.2, 0) is 6.54 Å². The summed E-state index contributed by atoms with van der Waals surface area (Å²) in [4.78, 5) is 11.0. The molecule has 13 heteroatoms. The molecule has 6 nitrogen and oxygen atoms in total. The fourth-order valence-electron chi connectivity index (χ4n) is 3.45. The predicted molar refractivity (Wildman–Crippen MR) is 122 cm³/mol. The van der Waals surface area contributed by atoms with Gasteiger partial charge in [0, 0.05) is 22.3 Å². The number of nitrogens with one attached hydrogen (secondary N) is 3. The Bertz CT molecular complexity index is 1240. The zero-order valence-corrected chi connectivity index (χ0v) is 19.3. The minimum Gasteiger partial charge on any atom is -0.471 e. The van der Waals surface area contributed by atoms with Crippen molar-refractivity contribution in [3.05, 3.63) is 64.4 Å². The van der Waals surface area contributed by atoms with Crippen molar-refractivity contribution in [3.8, 4) is 5.88 Å². The van der Waals surface area contributed by atoms with Gasteiger partial charge in [0.1, 0.15) is 5.83 Å². The molecule has 2 heterocycles. The number of aromatic amines is 1. The van der Waals surface area contributed by atoms with Crippen LogP contribution in [0.25, 0.3) is 11.2 Å². The van der Waals surface area contributed by atoms with E-state index in [-0.39, 0.29) is 24.0 Å². The van der Waals surface area contributed by atoms with E-state index in [2.05, 4.69) is 41.5 Å². The molecule has 2 atom stereocenters. The molecule has 186 valence electrons. The van der Waals surface area contributed by atoms with E-state index in [1.807, 2.05) is 12.1 Å². The normalized spacial score (nSPS) is 18.1. The molecule has 0 radical (unpaired) electrons. The van der Waals surface area contributed by atoms with Gasteiger partial charge in [-0.25, -0.2) is 13.2 Å². The number of anilines is 2. The first-order valence-corrected chi connectivity index (χ1v) is 11.1. The van der Waals surface area contributed by atoms with Gasteiger partial charge in [-0.15, -0.1) is 0 Å². The number of hydrogen-bond acceptors (Lipinski definition) is 5. The third kappa shape index (κ3) is 6.08. The number of pyridine rings is 1. The van der Waals surface area contributed by atoms with Gasteiger partial charge < -0.3 is 20.4 Å². The summed E-state index contributed by atoms with van der Waals surface area (Å²) in [6.45, 7) is -0.761. The zero-order valence-electron chi connectivity index (χ0n) is 17.7. The smallest absolute Gasteiger partial charge is 0.397 e. The molecule has 2 aromatic heterocycles. The van der Waals surface area contributed by atoms with Gasteiger partial charge >= 0.3 is 6.18 Å². The molecule has 3 aromatic rings. The first-order chi connectivity index (χ1) is 16.6. The van der Waals surface area contributed by atoms with Crippen molar-refractivity contribution in [2.24, 2.45) is 5.92 Å². The van der Waals surface area contributed by atoms with Crippen LogP contribution in [-0.4, -0.2) is 40.2 Å². The molecule has 0 bridgehead atoms. The molecule has 35 heavy (non-hydrogen) atoms. The number of nitrogens with zero attached hydrogens (tertiary/aromatic N) is 2. The van der Waals surface area contributed by atoms with Crippen molar-refractivity contribution < 1.29 is 31.1 Å². The Morgan fingerprint density at radius 1 is 1.14 bits per heavy atom. The van der Waals surface area contributed by atoms with Crippen LogP contribution in [0, 0.1) is 5.92 Å². The van der Waals surface area contributed by atoms with E-state index in [4.69, 9.17) is 4.74 Å². The fraction of sp³-hybridized carbons (Fsp3) is 0.273. The van der Waals surface area contributed by atoms with E-state index in [1.54, 1.807) is 12.1 Å². The van der Waals surface area contributed by atoms with Crippen LogP contribution in [0.5, 0.6) is 5.88 Å². The summed E-state index contributed by atoms with van der Waals surface area (Å²) < 4.78 is 85.8. The summed E-state index contributed by atoms with van der Waals surface area (Å²) in [5.41, 5.74) is 1.44. The number of alkyl halides is 5. The molecule has 4 rings (SSSR count). The number of rotatable bonds is 8. The lowest BCUT2D eigenvalue weighted by Gasteiger charge is -2.28. The quantitative estimate of drug-likeness (QED) is 0.279. The lowest BCUT2D eigenvalue weighted by atomic mass is 9.93. The van der Waals surface area contributed by atoms with Gasteiger partial charge in [0.25, 0.3) is 6.43 Å². The number of ether oxygens (including phenoxy) is 1. The molecule has 0 fully saturated rings. The summed E-state index contributed by atoms with van der Waals surface area (Å²) in [5.74, 6) is -3.39. The van der Waals surface area contributed by atoms with E-state index in [1.165, 1.54) is 6.07 Å². The largest absolute Gasteiger partial charge is 0.471 e. The Kier molecular flexibility index (Phi) is 7.24. The van der Waals surface area contributed by atoms with Crippen LogP contribution < -0.4 is 15.4 Å². The topological polar surface area (TPSA) is 74.9 Å². The molecule has 0 saturated carbocycles. The van der Waals surface area contributed by atoms with Gasteiger partial charge in [-0.2, -0.15) is 23.1 Å². The van der Waals surface area contributed by atoms with Crippen molar-refractivity contribution in [2.75, 3.05) is 17.2 Å². The number of hydrogen-bond donors (Lipinski definition) is 3. The van der Waals surface area contributed by atoms with E-state index in [0.29, 0.717) is 11.1 Å². The van der Waals surface area contributed by atoms with Crippen LogP contribution in [0.1, 0.15) is 5.56 Å². The minimum atomic E-state index is -4.69. The van der Waals surface area contributed by atoms with Crippen LogP contribution in [0.2, 0.25) is 0 Å². The summed E-state index contributed by atoms with van der Waals surface area (Å²) in [6, 6.07) is 7.02. The van der Waals surface area contributed by atoms with Crippen molar-refractivity contribution in [3.63, 3.8) is 0 Å². The van der Waals surface area contributed by atoms with Gasteiger partial charge in [-0.3, -0.25) is 0 Å². The standard InChI is InChI=1S/C22H18BrF6N5O/c23-12-4-6-13(7-5-12)30-9-11-8-16-19(33-20(11)35-10-17(25)26)34-21(31-16)32-18-14(22(27,28)29)2-1-3-15(18)24/h1-8,14,17-18,30H,9-10H2,(H2,31,32,33,34). The maximum absolute atomic E-state index is 14.2. The van der Waals surface area contributed by atoms with Crippen LogP contribution in [0.15, 0.2) is 58.9 Å². The molecule has 0 aliphatic heterocycles. The Morgan fingerprint density at radius 3 is 2.57 bits per heavy atom. The average molecular weight is 562 g/mol. The molecule has 1 aliphatic rings. The molecule has 2 unspecified atom stereocenters. The maximum atomic E-state index is 14.2. The monoisotopic (exact) mass is 561 g/mol. The number of halogens is 7. The average Bonchev–Trinajstić information content (AvgIpc) is 3.18. The Morgan fingerprint density at radius 2 is 1.89 bits per heavy atom. The molecular weight excluding hydrogens is 544 g/mol. The number of imidazole rings is 1. The number of aromatic nitrogens is 3. The minimum absolute atomic E-state index is 0.00320. The lowest BCUT2D eigenvalue weighted by Crippen LogP contribution is -2.39. The zero-order chi connectivity index (χ0) is 25.2. The third-order valence-corrected chi connectivity index (χ3v) is 5.61. The first-order valence-electron chi connectivity index (χ1n) is 10.3. The number of allylic oxidation sites excluding steroid dienone is 2. The van der Waals surface area contributed by atoms with E-state index < -0.39 is 37.0 Å². The van der Waals surface area contributed by atoms with Crippen molar-refractivity contribution in [2.45, 2.75) is 25.2 Å². The maximum Gasteiger partial charge on any atom is 0.397 e. The first kappa shape index (κ1) is 24.9. The highest BCUT2D eigenvalue weighted by atomic mass is 79.9.